The lowest BCUT2D eigenvalue weighted by Crippen LogP contribution is -2.15. The first-order chi connectivity index (χ1) is 9.03. The number of pyridine rings is 2. The summed E-state index contributed by atoms with van der Waals surface area (Å²) >= 11 is 0. The third-order valence-corrected chi connectivity index (χ3v) is 3.56. The monoisotopic (exact) mass is 278 g/mol. The molecule has 0 spiro atoms. The van der Waals surface area contributed by atoms with Crippen LogP contribution < -0.4 is 4.72 Å². The average molecular weight is 278 g/mol. The molecular weight excluding hydrogens is 271 g/mol. The van der Waals surface area contributed by atoms with Gasteiger partial charge >= 0.3 is 0 Å². The van der Waals surface area contributed by atoms with Gasteiger partial charge in [0, 0.05) is 6.20 Å². The molecule has 0 saturated carbocycles. The molecule has 2 heterocycles. The van der Waals surface area contributed by atoms with Gasteiger partial charge in [-0.15, -0.1) is 0 Å². The molecule has 1 N–H and O–H groups in total. The highest BCUT2D eigenvalue weighted by molar-refractivity contribution is 7.92. The number of nitrogens with zero attached hydrogens (tertiary/aromatic N) is 3. The van der Waals surface area contributed by atoms with Crippen LogP contribution in [0.5, 0.6) is 0 Å². The van der Waals surface area contributed by atoms with Crippen molar-refractivity contribution in [2.24, 2.45) is 0 Å². The minimum absolute atomic E-state index is 0.0918. The Morgan fingerprint density at radius 1 is 1.26 bits per heavy atom. The van der Waals surface area contributed by atoms with Crippen molar-refractivity contribution in [3.05, 3.63) is 48.3 Å². The van der Waals surface area contributed by atoms with Gasteiger partial charge in [-0.3, -0.25) is 4.72 Å². The molecule has 0 amide bonds. The van der Waals surface area contributed by atoms with Crippen molar-refractivity contribution in [1.82, 2.24) is 9.97 Å². The third kappa shape index (κ3) is 2.83. The first kappa shape index (κ1) is 12.9. The smallest absolute Gasteiger partial charge is 0.264 e. The van der Waals surface area contributed by atoms with E-state index in [-0.39, 0.29) is 16.3 Å². The van der Waals surface area contributed by atoms with Gasteiger partial charge in [0.1, 0.15) is 11.0 Å². The van der Waals surface area contributed by atoms with Crippen LogP contribution in [0.25, 0.3) is 0 Å². The molecule has 0 aliphatic carbocycles. The maximum absolute atomic E-state index is 12.6. The van der Waals surface area contributed by atoms with Gasteiger partial charge in [0.05, 0.1) is 11.9 Å². The average Bonchev–Trinajstić information content (AvgIpc) is 2.41. The zero-order valence-corrected chi connectivity index (χ0v) is 10.2. The highest BCUT2D eigenvalue weighted by Crippen LogP contribution is 2.17. The van der Waals surface area contributed by atoms with E-state index in [9.17, 15) is 12.8 Å². The summed E-state index contributed by atoms with van der Waals surface area (Å²) in [6.07, 6.45) is 2.35. The number of halogens is 1. The van der Waals surface area contributed by atoms with E-state index >= 15 is 0 Å². The Hall–Kier alpha value is -2.53. The van der Waals surface area contributed by atoms with Crippen LogP contribution >= 0.6 is 0 Å². The van der Waals surface area contributed by atoms with Crippen molar-refractivity contribution in [2.45, 2.75) is 4.90 Å². The van der Waals surface area contributed by atoms with Crippen LogP contribution in [0, 0.1) is 17.3 Å². The molecule has 6 nitrogen and oxygen atoms in total. The van der Waals surface area contributed by atoms with E-state index in [2.05, 4.69) is 14.7 Å². The van der Waals surface area contributed by atoms with E-state index in [0.717, 1.165) is 12.3 Å². The predicted molar refractivity (Wildman–Crippen MR) is 64.0 cm³/mol. The Bertz CT molecular complexity index is 738. The van der Waals surface area contributed by atoms with Crippen molar-refractivity contribution in [2.75, 3.05) is 4.72 Å². The third-order valence-electron chi connectivity index (χ3n) is 2.15. The Kier molecular flexibility index (Phi) is 3.39. The van der Waals surface area contributed by atoms with Gasteiger partial charge < -0.3 is 0 Å². The summed E-state index contributed by atoms with van der Waals surface area (Å²) < 4.78 is 38.9. The minimum Gasteiger partial charge on any atom is -0.278 e. The molecular formula is C11H7FN4O2S. The zero-order valence-electron chi connectivity index (χ0n) is 9.41. The second-order valence-corrected chi connectivity index (χ2v) is 5.09. The molecule has 2 rings (SSSR count). The first-order valence-corrected chi connectivity index (χ1v) is 6.51. The predicted octanol–water partition coefficient (Wildman–Crippen LogP) is 1.29. The van der Waals surface area contributed by atoms with E-state index in [4.69, 9.17) is 5.26 Å². The fraction of sp³-hybridized carbons (Fsp3) is 0. The number of rotatable bonds is 3. The molecule has 0 saturated heterocycles. The van der Waals surface area contributed by atoms with Crippen molar-refractivity contribution in [3.8, 4) is 6.07 Å². The normalized spacial score (nSPS) is 10.7. The second kappa shape index (κ2) is 4.99. The van der Waals surface area contributed by atoms with Crippen LogP contribution in [-0.4, -0.2) is 18.4 Å². The van der Waals surface area contributed by atoms with Crippen molar-refractivity contribution in [1.29, 1.82) is 5.26 Å². The summed E-state index contributed by atoms with van der Waals surface area (Å²) in [6.45, 7) is 0. The highest BCUT2D eigenvalue weighted by Gasteiger charge is 2.19. The number of sulfonamides is 1. The number of nitriles is 1. The number of hydrogen-bond donors (Lipinski definition) is 1. The first-order valence-electron chi connectivity index (χ1n) is 5.02. The Morgan fingerprint density at radius 3 is 2.68 bits per heavy atom. The topological polar surface area (TPSA) is 95.7 Å². The van der Waals surface area contributed by atoms with Crippen LogP contribution in [0.4, 0.5) is 10.1 Å². The van der Waals surface area contributed by atoms with Gasteiger partial charge in [-0.25, -0.2) is 18.4 Å². The molecule has 0 fully saturated rings. The maximum Gasteiger partial charge on any atom is 0.264 e. The zero-order chi connectivity index (χ0) is 13.9. The van der Waals surface area contributed by atoms with Crippen LogP contribution in [0.3, 0.4) is 0 Å². The van der Waals surface area contributed by atoms with Crippen molar-refractivity contribution in [3.63, 3.8) is 0 Å². The molecule has 0 aromatic carbocycles. The molecule has 8 heteroatoms. The van der Waals surface area contributed by atoms with Gasteiger partial charge in [0.25, 0.3) is 10.0 Å². The summed E-state index contributed by atoms with van der Waals surface area (Å²) in [5, 5.41) is 8.82. The van der Waals surface area contributed by atoms with E-state index in [1.807, 2.05) is 0 Å². The second-order valence-electron chi connectivity index (χ2n) is 3.44. The van der Waals surface area contributed by atoms with Crippen molar-refractivity contribution < 1.29 is 12.8 Å². The van der Waals surface area contributed by atoms with Gasteiger partial charge in [-0.2, -0.15) is 9.65 Å². The molecule has 19 heavy (non-hydrogen) atoms. The van der Waals surface area contributed by atoms with Crippen LogP contribution in [0.1, 0.15) is 5.69 Å². The molecule has 0 aliphatic rings. The molecule has 0 bridgehead atoms. The standard InChI is InChI=1S/C11H7FN4O2S/c12-11-4-3-8(7-15-11)16-19(17,18)10-2-1-5-14-9(10)6-13/h1-5,7,16H. The number of anilines is 1. The van der Waals surface area contributed by atoms with Gasteiger partial charge in [0.2, 0.25) is 5.95 Å². The lowest BCUT2D eigenvalue weighted by Gasteiger charge is -2.08. The van der Waals surface area contributed by atoms with Crippen LogP contribution in [0.15, 0.2) is 41.6 Å². The molecule has 2 aromatic heterocycles. The summed E-state index contributed by atoms with van der Waals surface area (Å²) in [5.74, 6) is -0.720. The molecule has 0 atom stereocenters. The molecule has 0 unspecified atom stereocenters. The van der Waals surface area contributed by atoms with E-state index < -0.39 is 16.0 Å². The largest absolute Gasteiger partial charge is 0.278 e. The quantitative estimate of drug-likeness (QED) is 0.853. The number of hydrogen-bond acceptors (Lipinski definition) is 5. The number of nitrogens with one attached hydrogen (secondary N) is 1. The van der Waals surface area contributed by atoms with Gasteiger partial charge in [0.15, 0.2) is 5.69 Å². The molecule has 96 valence electrons. The summed E-state index contributed by atoms with van der Waals surface area (Å²) in [4.78, 5) is 6.74. The van der Waals surface area contributed by atoms with E-state index in [1.165, 1.54) is 24.4 Å². The summed E-state index contributed by atoms with van der Waals surface area (Å²) in [6, 6.07) is 6.59. The Labute approximate surface area is 108 Å². The van der Waals surface area contributed by atoms with Crippen molar-refractivity contribution >= 4 is 15.7 Å². The fourth-order valence-electron chi connectivity index (χ4n) is 1.34. The molecule has 2 aromatic rings. The SMILES string of the molecule is N#Cc1ncccc1S(=O)(=O)Nc1ccc(F)nc1. The lowest BCUT2D eigenvalue weighted by atomic mass is 10.4. The maximum atomic E-state index is 12.6. The summed E-state index contributed by atoms with van der Waals surface area (Å²) in [5.41, 5.74) is -0.126. The minimum atomic E-state index is -3.97. The van der Waals surface area contributed by atoms with Crippen LogP contribution in [0.2, 0.25) is 0 Å². The van der Waals surface area contributed by atoms with E-state index in [1.54, 1.807) is 6.07 Å². The summed E-state index contributed by atoms with van der Waals surface area (Å²) in [7, 11) is -3.97. The lowest BCUT2D eigenvalue weighted by molar-refractivity contribution is 0.583. The van der Waals surface area contributed by atoms with E-state index in [0.29, 0.717) is 0 Å². The fourth-order valence-corrected chi connectivity index (χ4v) is 2.49. The van der Waals surface area contributed by atoms with Crippen LogP contribution in [-0.2, 0) is 10.0 Å². The van der Waals surface area contributed by atoms with Gasteiger partial charge in [-0.1, -0.05) is 0 Å². The Morgan fingerprint density at radius 2 is 2.05 bits per heavy atom. The highest BCUT2D eigenvalue weighted by atomic mass is 32.2. The number of aromatic nitrogens is 2. The Balaban J connectivity index is 2.38. The molecule has 0 radical (unpaired) electrons. The van der Waals surface area contributed by atoms with Gasteiger partial charge in [-0.05, 0) is 24.3 Å². The molecule has 0 aliphatic heterocycles.